The number of hydrogen-bond acceptors (Lipinski definition) is 4. The molecule has 1 aromatic rings. The number of nitrogens with one attached hydrogen (secondary N) is 2. The van der Waals surface area contributed by atoms with Crippen LogP contribution in [0.1, 0.15) is 17.5 Å². The van der Waals surface area contributed by atoms with E-state index < -0.39 is 29.7 Å². The lowest BCUT2D eigenvalue weighted by Gasteiger charge is -2.34. The fourth-order valence-electron chi connectivity index (χ4n) is 2.75. The Hall–Kier alpha value is -3.16. The summed E-state index contributed by atoms with van der Waals surface area (Å²) >= 11 is 0. The third kappa shape index (κ3) is 4.92. The van der Waals surface area contributed by atoms with Gasteiger partial charge in [-0.25, -0.2) is 4.79 Å². The largest absolute Gasteiger partial charge is 0.478 e. The van der Waals surface area contributed by atoms with Crippen molar-refractivity contribution >= 4 is 29.4 Å². The Morgan fingerprint density at radius 1 is 1.31 bits per heavy atom. The van der Waals surface area contributed by atoms with Gasteiger partial charge in [-0.1, -0.05) is 17.7 Å². The van der Waals surface area contributed by atoms with Gasteiger partial charge in [-0.2, -0.15) is 0 Å². The highest BCUT2D eigenvalue weighted by Gasteiger charge is 2.33. The summed E-state index contributed by atoms with van der Waals surface area (Å²) in [6.07, 6.45) is 1.38. The van der Waals surface area contributed by atoms with E-state index in [2.05, 4.69) is 10.6 Å². The molecule has 0 radical (unpaired) electrons. The molecule has 0 aliphatic carbocycles. The van der Waals surface area contributed by atoms with Crippen LogP contribution >= 0.6 is 0 Å². The first-order valence-corrected chi connectivity index (χ1v) is 8.14. The van der Waals surface area contributed by atoms with E-state index in [1.165, 1.54) is 4.90 Å². The molecule has 1 heterocycles. The molecule has 1 unspecified atom stereocenters. The first kappa shape index (κ1) is 19.2. The Morgan fingerprint density at radius 2 is 2.04 bits per heavy atom. The van der Waals surface area contributed by atoms with Crippen molar-refractivity contribution in [2.24, 2.45) is 0 Å². The molecule has 8 nitrogen and oxygen atoms in total. The molecular weight excluding hydrogens is 338 g/mol. The number of hydrogen-bond donors (Lipinski definition) is 3. The van der Waals surface area contributed by atoms with Gasteiger partial charge in [-0.05, 0) is 25.5 Å². The number of rotatable bonds is 5. The molecule has 3 N–H and O–H groups in total. The molecule has 26 heavy (non-hydrogen) atoms. The monoisotopic (exact) mass is 359 g/mol. The van der Waals surface area contributed by atoms with Crippen LogP contribution in [0.5, 0.6) is 0 Å². The quantitative estimate of drug-likeness (QED) is 0.666. The summed E-state index contributed by atoms with van der Waals surface area (Å²) in [5.41, 5.74) is 2.60. The van der Waals surface area contributed by atoms with Crippen LogP contribution in [0.3, 0.4) is 0 Å². The second-order valence-electron chi connectivity index (χ2n) is 6.08. The number of nitrogens with zero attached hydrogens (tertiary/aromatic N) is 1. The summed E-state index contributed by atoms with van der Waals surface area (Å²) in [4.78, 5) is 48.4. The number of carbonyl (C=O) groups excluding carboxylic acids is 3. The van der Waals surface area contributed by atoms with Crippen molar-refractivity contribution in [3.63, 3.8) is 0 Å². The van der Waals surface area contributed by atoms with Crippen molar-refractivity contribution in [1.29, 1.82) is 0 Å². The molecule has 2 rings (SSSR count). The standard InChI is InChI=1S/C18H21N3O5/c1-11-3-4-13(12(2)9-11)20-15(22)10-14-18(26)19-7-8-21(14)16(23)5-6-17(24)25/h3-6,9,14H,7-8,10H2,1-2H3,(H,19,26)(H,20,22)(H,24,25). The third-order valence-corrected chi connectivity index (χ3v) is 4.02. The highest BCUT2D eigenvalue weighted by atomic mass is 16.4. The Balaban J connectivity index is 2.09. The lowest BCUT2D eigenvalue weighted by molar-refractivity contribution is -0.141. The highest BCUT2D eigenvalue weighted by Crippen LogP contribution is 2.17. The van der Waals surface area contributed by atoms with Crippen LogP contribution in [-0.4, -0.2) is 52.8 Å². The minimum absolute atomic E-state index is 0.204. The van der Waals surface area contributed by atoms with Gasteiger partial charge in [0.05, 0.1) is 6.42 Å². The van der Waals surface area contributed by atoms with Crippen LogP contribution in [-0.2, 0) is 19.2 Å². The number of carboxylic acid groups (broad SMARTS) is 1. The van der Waals surface area contributed by atoms with Gasteiger partial charge in [0, 0.05) is 30.9 Å². The molecule has 0 bridgehead atoms. The van der Waals surface area contributed by atoms with E-state index in [1.54, 1.807) is 6.07 Å². The van der Waals surface area contributed by atoms with E-state index in [9.17, 15) is 19.2 Å². The van der Waals surface area contributed by atoms with Gasteiger partial charge in [0.2, 0.25) is 17.7 Å². The number of aliphatic carboxylic acids is 1. The highest BCUT2D eigenvalue weighted by molar-refractivity contribution is 6.00. The number of amides is 3. The summed E-state index contributed by atoms with van der Waals surface area (Å²) in [6.45, 7) is 4.26. The summed E-state index contributed by atoms with van der Waals surface area (Å²) in [6, 6.07) is 4.58. The number of piperazine rings is 1. The van der Waals surface area contributed by atoms with Crippen molar-refractivity contribution in [2.45, 2.75) is 26.3 Å². The number of aryl methyl sites for hydroxylation is 2. The molecule has 0 spiro atoms. The summed E-state index contributed by atoms with van der Waals surface area (Å²) in [5.74, 6) is -2.72. The molecular formula is C18H21N3O5. The maximum absolute atomic E-state index is 12.4. The van der Waals surface area contributed by atoms with E-state index in [-0.39, 0.29) is 19.5 Å². The predicted octanol–water partition coefficient (Wildman–Crippen LogP) is 0.600. The van der Waals surface area contributed by atoms with Crippen molar-refractivity contribution in [2.75, 3.05) is 18.4 Å². The second-order valence-corrected chi connectivity index (χ2v) is 6.08. The van der Waals surface area contributed by atoms with E-state index >= 15 is 0 Å². The van der Waals surface area contributed by atoms with Gasteiger partial charge >= 0.3 is 5.97 Å². The van der Waals surface area contributed by atoms with Crippen molar-refractivity contribution < 1.29 is 24.3 Å². The predicted molar refractivity (Wildman–Crippen MR) is 94.4 cm³/mol. The lowest BCUT2D eigenvalue weighted by Crippen LogP contribution is -2.57. The molecule has 138 valence electrons. The maximum atomic E-state index is 12.4. The molecule has 0 saturated carbocycles. The molecule has 3 amide bonds. The van der Waals surface area contributed by atoms with Gasteiger partial charge in [0.1, 0.15) is 6.04 Å². The molecule has 1 aliphatic rings. The minimum atomic E-state index is -1.26. The fraction of sp³-hybridized carbons (Fsp3) is 0.333. The van der Waals surface area contributed by atoms with E-state index in [1.807, 2.05) is 26.0 Å². The molecule has 0 aromatic heterocycles. The van der Waals surface area contributed by atoms with E-state index in [0.29, 0.717) is 11.8 Å². The van der Waals surface area contributed by atoms with Crippen molar-refractivity contribution in [1.82, 2.24) is 10.2 Å². The fourth-order valence-corrected chi connectivity index (χ4v) is 2.75. The number of carbonyl (C=O) groups is 4. The smallest absolute Gasteiger partial charge is 0.328 e. The lowest BCUT2D eigenvalue weighted by atomic mass is 10.1. The molecule has 1 saturated heterocycles. The minimum Gasteiger partial charge on any atom is -0.478 e. The zero-order valence-electron chi connectivity index (χ0n) is 14.6. The van der Waals surface area contributed by atoms with E-state index in [0.717, 1.165) is 17.2 Å². The molecule has 1 atom stereocenters. The van der Waals surface area contributed by atoms with Crippen LogP contribution in [0.25, 0.3) is 0 Å². The Kier molecular flexibility index (Phi) is 6.11. The van der Waals surface area contributed by atoms with Crippen LogP contribution in [0.4, 0.5) is 5.69 Å². The average Bonchev–Trinajstić information content (AvgIpc) is 2.57. The zero-order valence-corrected chi connectivity index (χ0v) is 14.6. The first-order chi connectivity index (χ1) is 12.3. The third-order valence-electron chi connectivity index (χ3n) is 4.02. The van der Waals surface area contributed by atoms with Gasteiger partial charge in [0.15, 0.2) is 0 Å². The molecule has 8 heteroatoms. The van der Waals surface area contributed by atoms with Gasteiger partial charge < -0.3 is 20.6 Å². The van der Waals surface area contributed by atoms with Crippen molar-refractivity contribution in [3.8, 4) is 0 Å². The summed E-state index contributed by atoms with van der Waals surface area (Å²) in [5, 5.41) is 14.0. The van der Waals surface area contributed by atoms with Gasteiger partial charge in [0.25, 0.3) is 0 Å². The van der Waals surface area contributed by atoms with Crippen LogP contribution in [0.15, 0.2) is 30.4 Å². The van der Waals surface area contributed by atoms with E-state index in [4.69, 9.17) is 5.11 Å². The normalized spacial score (nSPS) is 17.1. The molecule has 1 aliphatic heterocycles. The Labute approximate surface area is 150 Å². The maximum Gasteiger partial charge on any atom is 0.328 e. The molecule has 1 fully saturated rings. The van der Waals surface area contributed by atoms with Gasteiger partial charge in [-0.3, -0.25) is 14.4 Å². The number of carboxylic acids is 1. The first-order valence-electron chi connectivity index (χ1n) is 8.14. The van der Waals surface area contributed by atoms with Crippen molar-refractivity contribution in [3.05, 3.63) is 41.5 Å². The van der Waals surface area contributed by atoms with Crippen LogP contribution in [0, 0.1) is 13.8 Å². The van der Waals surface area contributed by atoms with Gasteiger partial charge in [-0.15, -0.1) is 0 Å². The second kappa shape index (κ2) is 8.28. The topological polar surface area (TPSA) is 116 Å². The number of anilines is 1. The zero-order chi connectivity index (χ0) is 19.3. The summed E-state index contributed by atoms with van der Waals surface area (Å²) in [7, 11) is 0. The molecule has 1 aromatic carbocycles. The van der Waals surface area contributed by atoms with Crippen LogP contribution in [0.2, 0.25) is 0 Å². The summed E-state index contributed by atoms with van der Waals surface area (Å²) < 4.78 is 0. The average molecular weight is 359 g/mol. The van der Waals surface area contributed by atoms with Crippen LogP contribution < -0.4 is 10.6 Å². The Morgan fingerprint density at radius 3 is 2.69 bits per heavy atom. The Bertz CT molecular complexity index is 772. The SMILES string of the molecule is Cc1ccc(NC(=O)CC2C(=O)NCCN2C(=O)C=CC(=O)O)c(C)c1. The number of benzene rings is 1.